The number of carbonyl (C=O) groups is 1. The molecule has 0 atom stereocenters. The molecule has 0 radical (unpaired) electrons. The van der Waals surface area contributed by atoms with Crippen LogP contribution in [-0.2, 0) is 11.3 Å². The first-order valence-electron chi connectivity index (χ1n) is 9.67. The van der Waals surface area contributed by atoms with E-state index in [9.17, 15) is 9.59 Å². The summed E-state index contributed by atoms with van der Waals surface area (Å²) in [5.41, 5.74) is 4.23. The minimum absolute atomic E-state index is 0.0117. The fourth-order valence-electron chi connectivity index (χ4n) is 3.76. The molecule has 1 amide bonds. The van der Waals surface area contributed by atoms with Crippen molar-refractivity contribution in [1.82, 2.24) is 14.5 Å². The van der Waals surface area contributed by atoms with Gasteiger partial charge in [0.1, 0.15) is 6.54 Å². The predicted molar refractivity (Wildman–Crippen MR) is 118 cm³/mol. The van der Waals surface area contributed by atoms with Crippen LogP contribution < -0.4 is 10.5 Å². The maximum atomic E-state index is 12.8. The Morgan fingerprint density at radius 1 is 1.10 bits per heavy atom. The first-order chi connectivity index (χ1) is 13.9. The van der Waals surface area contributed by atoms with Gasteiger partial charge in [-0.05, 0) is 49.2 Å². The Bertz CT molecular complexity index is 1130. The Kier molecular flexibility index (Phi) is 5.41. The average Bonchev–Trinajstić information content (AvgIpc) is 2.72. The van der Waals surface area contributed by atoms with Crippen molar-refractivity contribution in [2.24, 2.45) is 0 Å². The molecule has 0 N–H and O–H groups in total. The molecule has 2 aromatic carbocycles. The number of amides is 1. The van der Waals surface area contributed by atoms with Crippen molar-refractivity contribution >= 4 is 38.4 Å². The van der Waals surface area contributed by atoms with Gasteiger partial charge in [0.05, 0.1) is 17.2 Å². The number of piperazine rings is 1. The van der Waals surface area contributed by atoms with E-state index in [2.05, 4.69) is 57.9 Å². The van der Waals surface area contributed by atoms with Crippen LogP contribution in [0.4, 0.5) is 5.69 Å². The van der Waals surface area contributed by atoms with Crippen LogP contribution in [0.3, 0.4) is 0 Å². The van der Waals surface area contributed by atoms with Crippen molar-refractivity contribution in [3.05, 3.63) is 68.7 Å². The minimum atomic E-state index is -0.196. The number of hydrogen-bond donors (Lipinski definition) is 0. The van der Waals surface area contributed by atoms with Gasteiger partial charge in [0.2, 0.25) is 5.91 Å². The molecule has 150 valence electrons. The summed E-state index contributed by atoms with van der Waals surface area (Å²) in [6.45, 7) is 7.13. The summed E-state index contributed by atoms with van der Waals surface area (Å²) in [6.07, 6.45) is 1.46. The van der Waals surface area contributed by atoms with Crippen LogP contribution in [0, 0.1) is 13.8 Å². The van der Waals surface area contributed by atoms with Crippen LogP contribution in [-0.4, -0.2) is 46.5 Å². The van der Waals surface area contributed by atoms with Crippen LogP contribution >= 0.6 is 15.9 Å². The van der Waals surface area contributed by atoms with Gasteiger partial charge in [-0.15, -0.1) is 0 Å². The summed E-state index contributed by atoms with van der Waals surface area (Å²) >= 11 is 3.38. The van der Waals surface area contributed by atoms with Crippen molar-refractivity contribution in [3.63, 3.8) is 0 Å². The number of rotatable bonds is 3. The number of benzene rings is 2. The number of anilines is 1. The molecule has 4 rings (SSSR count). The molecule has 1 aromatic heterocycles. The van der Waals surface area contributed by atoms with Gasteiger partial charge in [0, 0.05) is 36.3 Å². The van der Waals surface area contributed by atoms with E-state index in [0.717, 1.165) is 17.6 Å². The number of halogens is 1. The lowest BCUT2D eigenvalue weighted by molar-refractivity contribution is -0.132. The van der Waals surface area contributed by atoms with Gasteiger partial charge in [-0.1, -0.05) is 28.1 Å². The second-order valence-electron chi connectivity index (χ2n) is 7.43. The van der Waals surface area contributed by atoms with E-state index in [1.54, 1.807) is 12.1 Å². The molecule has 0 bridgehead atoms. The maximum absolute atomic E-state index is 12.8. The van der Waals surface area contributed by atoms with E-state index in [0.29, 0.717) is 24.0 Å². The summed E-state index contributed by atoms with van der Waals surface area (Å²) in [5, 5.41) is 0.509. The van der Waals surface area contributed by atoms with Gasteiger partial charge in [-0.2, -0.15) is 0 Å². The maximum Gasteiger partial charge on any atom is 0.261 e. The van der Waals surface area contributed by atoms with E-state index < -0.39 is 0 Å². The second kappa shape index (κ2) is 7.99. The van der Waals surface area contributed by atoms with Crippen LogP contribution in [0.15, 0.2) is 52.0 Å². The van der Waals surface area contributed by atoms with Crippen molar-refractivity contribution in [2.75, 3.05) is 31.1 Å². The SMILES string of the molecule is Cc1cccc(N2CCN(C(=O)Cn3cnc4ccc(Br)cc4c3=O)CC2)c1C. The van der Waals surface area contributed by atoms with Crippen LogP contribution in [0.2, 0.25) is 0 Å². The first kappa shape index (κ1) is 19.6. The molecule has 6 nitrogen and oxygen atoms in total. The monoisotopic (exact) mass is 454 g/mol. The highest BCUT2D eigenvalue weighted by atomic mass is 79.9. The Morgan fingerprint density at radius 2 is 1.86 bits per heavy atom. The zero-order chi connectivity index (χ0) is 20.5. The zero-order valence-corrected chi connectivity index (χ0v) is 18.1. The first-order valence-corrected chi connectivity index (χ1v) is 10.5. The minimum Gasteiger partial charge on any atom is -0.368 e. The summed E-state index contributed by atoms with van der Waals surface area (Å²) in [7, 11) is 0. The highest BCUT2D eigenvalue weighted by Crippen LogP contribution is 2.24. The van der Waals surface area contributed by atoms with Crippen LogP contribution in [0.25, 0.3) is 10.9 Å². The van der Waals surface area contributed by atoms with Crippen molar-refractivity contribution in [3.8, 4) is 0 Å². The standard InChI is InChI=1S/C22H23BrN4O2/c1-15-4-3-5-20(16(15)2)25-8-10-26(11-9-25)21(28)13-27-14-24-19-7-6-17(23)12-18(19)22(27)29/h3-7,12,14H,8-11,13H2,1-2H3. The highest BCUT2D eigenvalue weighted by Gasteiger charge is 2.23. The average molecular weight is 455 g/mol. The highest BCUT2D eigenvalue weighted by molar-refractivity contribution is 9.10. The summed E-state index contributed by atoms with van der Waals surface area (Å²) in [4.78, 5) is 34.0. The molecular formula is C22H23BrN4O2. The number of hydrogen-bond acceptors (Lipinski definition) is 4. The number of fused-ring (bicyclic) bond motifs is 1. The van der Waals surface area contributed by atoms with Gasteiger partial charge in [-0.3, -0.25) is 14.2 Å². The van der Waals surface area contributed by atoms with Gasteiger partial charge >= 0.3 is 0 Å². The number of carbonyl (C=O) groups excluding carboxylic acids is 1. The molecular weight excluding hydrogens is 432 g/mol. The number of aromatic nitrogens is 2. The fraction of sp³-hybridized carbons (Fsp3) is 0.318. The van der Waals surface area contributed by atoms with Crippen molar-refractivity contribution < 1.29 is 4.79 Å². The second-order valence-corrected chi connectivity index (χ2v) is 8.34. The van der Waals surface area contributed by atoms with E-state index in [1.165, 1.54) is 27.7 Å². The lowest BCUT2D eigenvalue weighted by Crippen LogP contribution is -2.50. The summed E-state index contributed by atoms with van der Waals surface area (Å²) < 4.78 is 2.21. The molecule has 2 heterocycles. The van der Waals surface area contributed by atoms with Crippen molar-refractivity contribution in [1.29, 1.82) is 0 Å². The lowest BCUT2D eigenvalue weighted by Gasteiger charge is -2.37. The third-order valence-electron chi connectivity index (χ3n) is 5.64. The number of aryl methyl sites for hydroxylation is 1. The van der Waals surface area contributed by atoms with Gasteiger partial charge < -0.3 is 9.80 Å². The van der Waals surface area contributed by atoms with E-state index in [1.807, 2.05) is 11.0 Å². The predicted octanol–water partition coefficient (Wildman–Crippen LogP) is 3.12. The molecule has 1 fully saturated rings. The van der Waals surface area contributed by atoms with Gasteiger partial charge in [0.15, 0.2) is 0 Å². The molecule has 1 aliphatic rings. The van der Waals surface area contributed by atoms with Crippen molar-refractivity contribution in [2.45, 2.75) is 20.4 Å². The molecule has 1 saturated heterocycles. The summed E-state index contributed by atoms with van der Waals surface area (Å²) in [6, 6.07) is 11.7. The fourth-order valence-corrected chi connectivity index (χ4v) is 4.13. The summed E-state index contributed by atoms with van der Waals surface area (Å²) in [5.74, 6) is -0.0520. The van der Waals surface area contributed by atoms with E-state index in [-0.39, 0.29) is 18.0 Å². The topological polar surface area (TPSA) is 58.4 Å². The lowest BCUT2D eigenvalue weighted by atomic mass is 10.1. The largest absolute Gasteiger partial charge is 0.368 e. The molecule has 0 aliphatic carbocycles. The van der Waals surface area contributed by atoms with Gasteiger partial charge in [0.25, 0.3) is 5.56 Å². The zero-order valence-electron chi connectivity index (χ0n) is 16.6. The van der Waals surface area contributed by atoms with Crippen LogP contribution in [0.5, 0.6) is 0 Å². The smallest absolute Gasteiger partial charge is 0.261 e. The quantitative estimate of drug-likeness (QED) is 0.609. The van der Waals surface area contributed by atoms with Crippen LogP contribution in [0.1, 0.15) is 11.1 Å². The third kappa shape index (κ3) is 3.92. The molecule has 1 aliphatic heterocycles. The molecule has 0 spiro atoms. The van der Waals surface area contributed by atoms with E-state index in [4.69, 9.17) is 0 Å². The normalized spacial score (nSPS) is 14.4. The molecule has 29 heavy (non-hydrogen) atoms. The Hall–Kier alpha value is -2.67. The van der Waals surface area contributed by atoms with Gasteiger partial charge in [-0.25, -0.2) is 4.98 Å². The molecule has 0 unspecified atom stereocenters. The third-order valence-corrected chi connectivity index (χ3v) is 6.13. The Morgan fingerprint density at radius 3 is 2.62 bits per heavy atom. The molecule has 7 heteroatoms. The Labute approximate surface area is 177 Å². The number of nitrogens with zero attached hydrogens (tertiary/aromatic N) is 4. The molecule has 0 saturated carbocycles. The van der Waals surface area contributed by atoms with E-state index >= 15 is 0 Å². The molecule has 3 aromatic rings. The Balaban J connectivity index is 1.45.